The summed E-state index contributed by atoms with van der Waals surface area (Å²) in [5.74, 6) is 2.52. The van der Waals surface area contributed by atoms with Gasteiger partial charge in [-0.1, -0.05) is 11.2 Å². The molecule has 2 N–H and O–H groups in total. The molecule has 3 rings (SSSR count). The number of aliphatic imine (C=N–C) groups is 1. The van der Waals surface area contributed by atoms with Gasteiger partial charge in [-0.3, -0.25) is 4.99 Å². The van der Waals surface area contributed by atoms with Gasteiger partial charge in [0.15, 0.2) is 23.4 Å². The van der Waals surface area contributed by atoms with Crippen molar-refractivity contribution < 1.29 is 13.7 Å². The Hall–Kier alpha value is -1.91. The number of ether oxygens (including phenoxy) is 1. The van der Waals surface area contributed by atoms with Gasteiger partial charge in [0.1, 0.15) is 0 Å². The van der Waals surface area contributed by atoms with Crippen LogP contribution in [0.25, 0.3) is 0 Å². The van der Waals surface area contributed by atoms with Crippen molar-refractivity contribution >= 4 is 29.9 Å². The van der Waals surface area contributed by atoms with Gasteiger partial charge in [-0.2, -0.15) is 4.98 Å². The summed E-state index contributed by atoms with van der Waals surface area (Å²) in [6.45, 7) is 5.07. The van der Waals surface area contributed by atoms with Gasteiger partial charge in [-0.25, -0.2) is 4.39 Å². The Kier molecular flexibility index (Phi) is 9.12. The Morgan fingerprint density at radius 1 is 1.41 bits per heavy atom. The number of benzene rings is 1. The van der Waals surface area contributed by atoms with Crippen LogP contribution >= 0.6 is 24.0 Å². The third-order valence-corrected chi connectivity index (χ3v) is 4.63. The number of rotatable bonds is 9. The third kappa shape index (κ3) is 7.45. The van der Waals surface area contributed by atoms with Crippen molar-refractivity contribution in [2.24, 2.45) is 10.9 Å². The second kappa shape index (κ2) is 11.3. The van der Waals surface area contributed by atoms with Crippen molar-refractivity contribution in [2.75, 3.05) is 20.2 Å². The molecule has 0 amide bonds. The molecule has 0 radical (unpaired) electrons. The topological polar surface area (TPSA) is 84.6 Å². The minimum Gasteiger partial charge on any atom is -0.490 e. The van der Waals surface area contributed by atoms with Crippen LogP contribution in [0.15, 0.2) is 27.7 Å². The highest BCUT2D eigenvalue weighted by Gasteiger charge is 2.22. The van der Waals surface area contributed by atoms with Gasteiger partial charge < -0.3 is 19.9 Å². The van der Waals surface area contributed by atoms with Crippen LogP contribution in [0.4, 0.5) is 4.39 Å². The molecule has 1 saturated carbocycles. The average Bonchev–Trinajstić information content (AvgIpc) is 3.42. The molecule has 0 aliphatic heterocycles. The fraction of sp³-hybridized carbons (Fsp3) is 0.550. The predicted molar refractivity (Wildman–Crippen MR) is 120 cm³/mol. The van der Waals surface area contributed by atoms with Gasteiger partial charge in [0, 0.05) is 20.0 Å². The van der Waals surface area contributed by atoms with Gasteiger partial charge in [-0.15, -0.1) is 24.0 Å². The molecular formula is C20H29FIN5O2. The minimum atomic E-state index is -0.329. The zero-order valence-corrected chi connectivity index (χ0v) is 19.4. The highest BCUT2D eigenvalue weighted by Crippen LogP contribution is 2.30. The molecular weight excluding hydrogens is 488 g/mol. The minimum absolute atomic E-state index is 0. The normalized spacial score (nSPS) is 14.8. The fourth-order valence-corrected chi connectivity index (χ4v) is 2.77. The molecule has 29 heavy (non-hydrogen) atoms. The fourth-order valence-electron chi connectivity index (χ4n) is 2.77. The number of hydrogen-bond acceptors (Lipinski definition) is 5. The lowest BCUT2D eigenvalue weighted by Gasteiger charge is -2.19. The number of guanidine groups is 1. The van der Waals surface area contributed by atoms with Crippen molar-refractivity contribution in [1.82, 2.24) is 20.8 Å². The molecule has 7 nitrogen and oxygen atoms in total. The summed E-state index contributed by atoms with van der Waals surface area (Å²) in [7, 11) is 1.71. The Bertz CT molecular complexity index is 810. The summed E-state index contributed by atoms with van der Waals surface area (Å²) in [6, 6.07) is 5.00. The van der Waals surface area contributed by atoms with Gasteiger partial charge in [0.05, 0.1) is 12.6 Å². The summed E-state index contributed by atoms with van der Waals surface area (Å²) in [5.41, 5.74) is 0.834. The number of nitrogens with one attached hydrogen (secondary N) is 2. The van der Waals surface area contributed by atoms with Gasteiger partial charge in [0.25, 0.3) is 0 Å². The molecule has 0 saturated heterocycles. The summed E-state index contributed by atoms with van der Waals surface area (Å²) in [4.78, 5) is 8.40. The van der Waals surface area contributed by atoms with E-state index in [0.717, 1.165) is 12.0 Å². The van der Waals surface area contributed by atoms with E-state index in [0.29, 0.717) is 48.9 Å². The molecule has 0 bridgehead atoms. The molecule has 1 aromatic heterocycles. The van der Waals surface area contributed by atoms with E-state index in [4.69, 9.17) is 9.26 Å². The van der Waals surface area contributed by atoms with Crippen LogP contribution < -0.4 is 15.4 Å². The van der Waals surface area contributed by atoms with Gasteiger partial charge in [-0.05, 0) is 56.7 Å². The second-order valence-corrected chi connectivity index (χ2v) is 7.15. The maximum absolute atomic E-state index is 14.3. The Balaban J connectivity index is 0.00000300. The maximum atomic E-state index is 14.3. The second-order valence-electron chi connectivity index (χ2n) is 7.15. The summed E-state index contributed by atoms with van der Waals surface area (Å²) in [5, 5.41) is 10.3. The first-order chi connectivity index (χ1) is 13.5. The Labute approximate surface area is 187 Å². The summed E-state index contributed by atoms with van der Waals surface area (Å²) < 4.78 is 24.9. The SMILES string of the molecule is CN=C(NCCCc1nc(C)no1)NC(C)c1ccc(OCC2CC2)c(F)c1.I. The van der Waals surface area contributed by atoms with E-state index in [9.17, 15) is 4.39 Å². The Morgan fingerprint density at radius 2 is 2.21 bits per heavy atom. The molecule has 9 heteroatoms. The van der Waals surface area contributed by atoms with Crippen LogP contribution in [0.3, 0.4) is 0 Å². The maximum Gasteiger partial charge on any atom is 0.226 e. The van der Waals surface area contributed by atoms with Gasteiger partial charge in [0.2, 0.25) is 5.89 Å². The number of hydrogen-bond donors (Lipinski definition) is 2. The van der Waals surface area contributed by atoms with E-state index in [1.165, 1.54) is 18.9 Å². The van der Waals surface area contributed by atoms with E-state index in [1.807, 2.05) is 13.0 Å². The molecule has 1 aliphatic rings. The van der Waals surface area contributed by atoms with Crippen molar-refractivity contribution in [2.45, 2.75) is 45.6 Å². The summed E-state index contributed by atoms with van der Waals surface area (Å²) >= 11 is 0. The molecule has 1 aliphatic carbocycles. The van der Waals surface area contributed by atoms with E-state index in [1.54, 1.807) is 20.0 Å². The molecule has 1 unspecified atom stereocenters. The molecule has 1 fully saturated rings. The number of aromatic nitrogens is 2. The number of aryl methyl sites for hydroxylation is 2. The quantitative estimate of drug-likeness (QED) is 0.228. The monoisotopic (exact) mass is 517 g/mol. The first-order valence-corrected chi connectivity index (χ1v) is 9.73. The largest absolute Gasteiger partial charge is 0.490 e. The smallest absolute Gasteiger partial charge is 0.226 e. The predicted octanol–water partition coefficient (Wildman–Crippen LogP) is 3.78. The van der Waals surface area contributed by atoms with Crippen LogP contribution in [0.5, 0.6) is 5.75 Å². The number of halogens is 2. The van der Waals surface area contributed by atoms with Gasteiger partial charge >= 0.3 is 0 Å². The zero-order valence-electron chi connectivity index (χ0n) is 17.1. The van der Waals surface area contributed by atoms with Crippen LogP contribution in [0.1, 0.15) is 49.5 Å². The molecule has 1 atom stereocenters. The van der Waals surface area contributed by atoms with Crippen LogP contribution in [0, 0.1) is 18.7 Å². The first-order valence-electron chi connectivity index (χ1n) is 9.73. The van der Waals surface area contributed by atoms with Crippen molar-refractivity contribution in [3.63, 3.8) is 0 Å². The average molecular weight is 517 g/mol. The highest BCUT2D eigenvalue weighted by atomic mass is 127. The standard InChI is InChI=1S/C20H28FN5O2.HI/c1-13(16-8-9-18(17(21)11-16)27-12-15-6-7-15)24-20(22-3)23-10-4-5-19-25-14(2)26-28-19;/h8-9,11,13,15H,4-7,10,12H2,1-3H3,(H2,22,23,24);1H. The lowest BCUT2D eigenvalue weighted by molar-refractivity contribution is 0.285. The first kappa shape index (κ1) is 23.4. The number of nitrogens with zero attached hydrogens (tertiary/aromatic N) is 3. The van der Waals surface area contributed by atoms with Crippen molar-refractivity contribution in [3.8, 4) is 5.75 Å². The molecule has 0 spiro atoms. The zero-order chi connectivity index (χ0) is 19.9. The molecule has 2 aromatic rings. The van der Waals surface area contributed by atoms with E-state index >= 15 is 0 Å². The van der Waals surface area contributed by atoms with E-state index in [2.05, 4.69) is 25.8 Å². The van der Waals surface area contributed by atoms with E-state index in [-0.39, 0.29) is 35.8 Å². The third-order valence-electron chi connectivity index (χ3n) is 4.63. The Morgan fingerprint density at radius 3 is 2.83 bits per heavy atom. The van der Waals surface area contributed by atoms with Crippen LogP contribution in [-0.2, 0) is 6.42 Å². The molecule has 1 aromatic carbocycles. The van der Waals surface area contributed by atoms with Crippen LogP contribution in [-0.4, -0.2) is 36.3 Å². The lowest BCUT2D eigenvalue weighted by atomic mass is 10.1. The van der Waals surface area contributed by atoms with Crippen molar-refractivity contribution in [3.05, 3.63) is 41.3 Å². The van der Waals surface area contributed by atoms with E-state index < -0.39 is 0 Å². The molecule has 160 valence electrons. The highest BCUT2D eigenvalue weighted by molar-refractivity contribution is 14.0. The summed E-state index contributed by atoms with van der Waals surface area (Å²) in [6.07, 6.45) is 3.90. The lowest BCUT2D eigenvalue weighted by Crippen LogP contribution is -2.39. The molecule has 1 heterocycles. The van der Waals surface area contributed by atoms with Crippen LogP contribution in [0.2, 0.25) is 0 Å². The van der Waals surface area contributed by atoms with Crippen molar-refractivity contribution in [1.29, 1.82) is 0 Å².